The fourth-order valence-corrected chi connectivity index (χ4v) is 6.98. The van der Waals surface area contributed by atoms with Gasteiger partial charge in [-0.3, -0.25) is 0 Å². The van der Waals surface area contributed by atoms with Crippen LogP contribution in [0.1, 0.15) is 22.3 Å². The highest BCUT2D eigenvalue weighted by atomic mass is 127. The lowest BCUT2D eigenvalue weighted by Gasteiger charge is -2.29. The van der Waals surface area contributed by atoms with E-state index in [1.165, 1.54) is 5.56 Å². The summed E-state index contributed by atoms with van der Waals surface area (Å²) in [6, 6.07) is 18.1. The molecule has 1 aliphatic heterocycles. The molecule has 1 aliphatic rings. The van der Waals surface area contributed by atoms with Gasteiger partial charge in [0, 0.05) is 22.2 Å². The van der Waals surface area contributed by atoms with E-state index in [-0.39, 0.29) is 0 Å². The van der Waals surface area contributed by atoms with Crippen molar-refractivity contribution >= 4 is 32.6 Å². The van der Waals surface area contributed by atoms with Gasteiger partial charge >= 0.3 is 0 Å². The Labute approximate surface area is 192 Å². The molecule has 6 heteroatoms. The first kappa shape index (κ1) is 21.3. The average molecular weight is 533 g/mol. The summed E-state index contributed by atoms with van der Waals surface area (Å²) >= 11 is 2.23. The Bertz CT molecular complexity index is 1200. The lowest BCUT2D eigenvalue weighted by atomic mass is 9.95. The van der Waals surface area contributed by atoms with Crippen LogP contribution in [0.15, 0.2) is 59.5 Å². The molecule has 0 spiro atoms. The van der Waals surface area contributed by atoms with Crippen LogP contribution in [0.3, 0.4) is 0 Å². The lowest BCUT2D eigenvalue weighted by Crippen LogP contribution is -2.36. The molecule has 156 valence electrons. The summed E-state index contributed by atoms with van der Waals surface area (Å²) in [4.78, 5) is 0.442. The SMILES string of the molecule is COc1ccccc1-c1ccc2c(c1)CCN(S(=O)(=O)c1c(C)cc(I)cc1C)C2. The molecule has 0 N–H and O–H groups in total. The highest BCUT2D eigenvalue weighted by molar-refractivity contribution is 14.1. The molecule has 0 amide bonds. The maximum Gasteiger partial charge on any atom is 0.243 e. The standard InChI is InChI=1S/C24H24INO3S/c1-16-12-21(25)13-17(2)24(16)30(27,28)26-11-10-18-14-19(8-9-20(18)15-26)22-6-4-5-7-23(22)29-3/h4-9,12-14H,10-11,15H2,1-3H3. The molecular weight excluding hydrogens is 509 g/mol. The first-order valence-electron chi connectivity index (χ1n) is 9.83. The molecule has 0 atom stereocenters. The largest absolute Gasteiger partial charge is 0.496 e. The van der Waals surface area contributed by atoms with Crippen LogP contribution in [0.4, 0.5) is 0 Å². The van der Waals surface area contributed by atoms with Gasteiger partial charge in [0.15, 0.2) is 0 Å². The fraction of sp³-hybridized carbons (Fsp3) is 0.250. The van der Waals surface area contributed by atoms with Crippen LogP contribution in [0.2, 0.25) is 0 Å². The molecule has 3 aromatic carbocycles. The van der Waals surface area contributed by atoms with Crippen LogP contribution in [0, 0.1) is 17.4 Å². The number of hydrogen-bond donors (Lipinski definition) is 0. The van der Waals surface area contributed by atoms with Gasteiger partial charge in [-0.2, -0.15) is 4.31 Å². The summed E-state index contributed by atoms with van der Waals surface area (Å²) in [6.07, 6.45) is 0.694. The molecular formula is C24H24INO3S. The second kappa shape index (κ2) is 8.32. The normalized spacial score (nSPS) is 14.4. The molecule has 0 unspecified atom stereocenters. The topological polar surface area (TPSA) is 46.6 Å². The number of halogens is 1. The number of methoxy groups -OCH3 is 1. The van der Waals surface area contributed by atoms with Crippen molar-refractivity contribution < 1.29 is 13.2 Å². The molecule has 30 heavy (non-hydrogen) atoms. The first-order chi connectivity index (χ1) is 14.3. The smallest absolute Gasteiger partial charge is 0.243 e. The molecule has 0 saturated heterocycles. The van der Waals surface area contributed by atoms with Gasteiger partial charge in [0.25, 0.3) is 0 Å². The number of hydrogen-bond acceptors (Lipinski definition) is 3. The van der Waals surface area contributed by atoms with E-state index < -0.39 is 10.0 Å². The van der Waals surface area contributed by atoms with Crippen LogP contribution in [0.25, 0.3) is 11.1 Å². The Morgan fingerprint density at radius 3 is 2.37 bits per heavy atom. The average Bonchev–Trinajstić information content (AvgIpc) is 2.72. The Kier molecular flexibility index (Phi) is 5.92. The van der Waals surface area contributed by atoms with Crippen LogP contribution in [0.5, 0.6) is 5.75 Å². The molecule has 4 nitrogen and oxygen atoms in total. The van der Waals surface area contributed by atoms with E-state index in [1.807, 2.05) is 62.4 Å². The second-order valence-electron chi connectivity index (χ2n) is 7.64. The van der Waals surface area contributed by atoms with Crippen LogP contribution >= 0.6 is 22.6 Å². The molecule has 0 saturated carbocycles. The molecule has 1 heterocycles. The number of nitrogens with zero attached hydrogens (tertiary/aromatic N) is 1. The predicted molar refractivity (Wildman–Crippen MR) is 128 cm³/mol. The Morgan fingerprint density at radius 2 is 1.67 bits per heavy atom. The van der Waals surface area contributed by atoms with Gasteiger partial charge in [-0.15, -0.1) is 0 Å². The second-order valence-corrected chi connectivity index (χ2v) is 10.8. The van der Waals surface area contributed by atoms with Crippen molar-refractivity contribution in [2.45, 2.75) is 31.7 Å². The number of rotatable bonds is 4. The fourth-order valence-electron chi connectivity index (χ4n) is 4.22. The zero-order chi connectivity index (χ0) is 21.5. The number of sulfonamides is 1. The predicted octanol–water partition coefficient (Wildman–Crippen LogP) is 5.33. The van der Waals surface area contributed by atoms with Crippen molar-refractivity contribution in [1.82, 2.24) is 4.31 Å². The summed E-state index contributed by atoms with van der Waals surface area (Å²) in [6.45, 7) is 4.63. The van der Waals surface area contributed by atoms with E-state index >= 15 is 0 Å². The van der Waals surface area contributed by atoms with E-state index in [0.717, 1.165) is 37.1 Å². The van der Waals surface area contributed by atoms with Crippen LogP contribution < -0.4 is 4.74 Å². The van der Waals surface area contributed by atoms with Crippen molar-refractivity contribution in [3.8, 4) is 16.9 Å². The van der Waals surface area contributed by atoms with Crippen molar-refractivity contribution in [1.29, 1.82) is 0 Å². The minimum absolute atomic E-state index is 0.398. The van der Waals surface area contributed by atoms with Gasteiger partial charge in [0.2, 0.25) is 10.0 Å². The van der Waals surface area contributed by atoms with E-state index in [2.05, 4.69) is 28.7 Å². The van der Waals surface area contributed by atoms with E-state index in [4.69, 9.17) is 4.74 Å². The third-order valence-corrected chi connectivity index (χ3v) is 8.40. The molecule has 4 rings (SSSR count). The maximum atomic E-state index is 13.4. The van der Waals surface area contributed by atoms with Crippen molar-refractivity contribution in [3.63, 3.8) is 0 Å². The highest BCUT2D eigenvalue weighted by Gasteiger charge is 2.31. The van der Waals surface area contributed by atoms with E-state index in [0.29, 0.717) is 24.4 Å². The highest BCUT2D eigenvalue weighted by Crippen LogP contribution is 2.34. The number of ether oxygens (including phenoxy) is 1. The van der Waals surface area contributed by atoms with Gasteiger partial charge in [0.05, 0.1) is 12.0 Å². The Balaban J connectivity index is 1.66. The summed E-state index contributed by atoms with van der Waals surface area (Å²) in [5, 5.41) is 0. The molecule has 0 bridgehead atoms. The zero-order valence-electron chi connectivity index (χ0n) is 17.3. The van der Waals surface area contributed by atoms with Gasteiger partial charge in [-0.25, -0.2) is 8.42 Å². The summed E-state index contributed by atoms with van der Waals surface area (Å²) in [5.41, 5.74) is 5.99. The van der Waals surface area contributed by atoms with Crippen LogP contribution in [-0.2, 0) is 23.0 Å². The van der Waals surface area contributed by atoms with E-state index in [9.17, 15) is 8.42 Å². The molecule has 0 aliphatic carbocycles. The minimum Gasteiger partial charge on any atom is -0.496 e. The lowest BCUT2D eigenvalue weighted by molar-refractivity contribution is 0.391. The van der Waals surface area contributed by atoms with E-state index in [1.54, 1.807) is 11.4 Å². The maximum absolute atomic E-state index is 13.4. The number of benzene rings is 3. The molecule has 3 aromatic rings. The van der Waals surface area contributed by atoms with Gasteiger partial charge in [0.1, 0.15) is 5.75 Å². The molecule has 0 radical (unpaired) electrons. The Morgan fingerprint density at radius 1 is 0.967 bits per heavy atom. The van der Waals surface area contributed by atoms with Gasteiger partial charge in [-0.05, 0) is 88.9 Å². The molecule has 0 aromatic heterocycles. The summed E-state index contributed by atoms with van der Waals surface area (Å²) < 4.78 is 35.0. The quantitative estimate of drug-likeness (QED) is 0.426. The summed E-state index contributed by atoms with van der Waals surface area (Å²) in [7, 11) is -1.87. The number of aryl methyl sites for hydroxylation is 2. The van der Waals surface area contributed by atoms with Crippen molar-refractivity contribution in [3.05, 3.63) is 80.4 Å². The molecule has 0 fully saturated rings. The third kappa shape index (κ3) is 3.88. The number of para-hydroxylation sites is 1. The van der Waals surface area contributed by atoms with Crippen molar-refractivity contribution in [2.24, 2.45) is 0 Å². The Hall–Kier alpha value is -1.90. The number of fused-ring (bicyclic) bond motifs is 1. The minimum atomic E-state index is -3.55. The zero-order valence-corrected chi connectivity index (χ0v) is 20.2. The summed E-state index contributed by atoms with van der Waals surface area (Å²) in [5.74, 6) is 0.835. The monoisotopic (exact) mass is 533 g/mol. The third-order valence-electron chi connectivity index (χ3n) is 5.62. The van der Waals surface area contributed by atoms with Gasteiger partial charge < -0.3 is 4.74 Å². The van der Waals surface area contributed by atoms with Crippen molar-refractivity contribution in [2.75, 3.05) is 13.7 Å². The van der Waals surface area contributed by atoms with Crippen LogP contribution in [-0.4, -0.2) is 26.4 Å². The first-order valence-corrected chi connectivity index (χ1v) is 12.3. The van der Waals surface area contributed by atoms with Gasteiger partial charge in [-0.1, -0.05) is 36.4 Å².